The molecule has 0 radical (unpaired) electrons. The van der Waals surface area contributed by atoms with Crippen LogP contribution in [-0.2, 0) is 0 Å². The summed E-state index contributed by atoms with van der Waals surface area (Å²) in [5, 5.41) is 20.8. The molecule has 0 aromatic heterocycles. The van der Waals surface area contributed by atoms with Gasteiger partial charge in [0.25, 0.3) is 0 Å². The van der Waals surface area contributed by atoms with Crippen LogP contribution in [0.3, 0.4) is 0 Å². The largest absolute Gasteiger partial charge is 0.393 e. The number of fused-ring (bicyclic) bond motifs is 5. The van der Waals surface area contributed by atoms with E-state index in [4.69, 9.17) is 0 Å². The molecule has 0 aromatic rings. The quantitative estimate of drug-likeness (QED) is 0.493. The maximum atomic E-state index is 10.6. The Balaban J connectivity index is 0.00000124. The van der Waals surface area contributed by atoms with Gasteiger partial charge >= 0.3 is 0 Å². The third-order valence-electron chi connectivity index (χ3n) is 10.3. The van der Waals surface area contributed by atoms with Crippen molar-refractivity contribution in [2.45, 2.75) is 130 Å². The van der Waals surface area contributed by atoms with Crippen molar-refractivity contribution in [3.05, 3.63) is 0 Å². The highest BCUT2D eigenvalue weighted by atomic mass is 16.3. The SMILES string of the molecule is CC.CC(C)C(O)CCC[C@H]1CCC2C3CCC4C[C@@](C)(O)CCC4C3CCC21C. The van der Waals surface area contributed by atoms with Gasteiger partial charge in [0.1, 0.15) is 0 Å². The molecule has 4 fully saturated rings. The predicted molar refractivity (Wildman–Crippen MR) is 127 cm³/mol. The van der Waals surface area contributed by atoms with E-state index in [0.717, 1.165) is 54.8 Å². The molecule has 9 atom stereocenters. The molecule has 4 rings (SSSR count). The summed E-state index contributed by atoms with van der Waals surface area (Å²) in [4.78, 5) is 0. The summed E-state index contributed by atoms with van der Waals surface area (Å²) in [6.45, 7) is 13.0. The molecule has 176 valence electrons. The van der Waals surface area contributed by atoms with Gasteiger partial charge in [-0.05, 0) is 124 Å². The zero-order valence-electron chi connectivity index (χ0n) is 21.0. The molecule has 0 heterocycles. The van der Waals surface area contributed by atoms with E-state index in [1.807, 2.05) is 13.8 Å². The van der Waals surface area contributed by atoms with E-state index < -0.39 is 5.60 Å². The average molecular weight is 421 g/mol. The van der Waals surface area contributed by atoms with Gasteiger partial charge in [-0.1, -0.05) is 41.0 Å². The van der Waals surface area contributed by atoms with Crippen LogP contribution >= 0.6 is 0 Å². The van der Waals surface area contributed by atoms with Crippen LogP contribution in [0.5, 0.6) is 0 Å². The van der Waals surface area contributed by atoms with Crippen molar-refractivity contribution in [3.63, 3.8) is 0 Å². The van der Waals surface area contributed by atoms with Crippen molar-refractivity contribution in [1.82, 2.24) is 0 Å². The molecule has 30 heavy (non-hydrogen) atoms. The van der Waals surface area contributed by atoms with Crippen LogP contribution in [0.1, 0.15) is 119 Å². The van der Waals surface area contributed by atoms with Crippen LogP contribution in [0.25, 0.3) is 0 Å². The lowest BCUT2D eigenvalue weighted by atomic mass is 9.49. The highest BCUT2D eigenvalue weighted by Crippen LogP contribution is 2.65. The lowest BCUT2D eigenvalue weighted by Crippen LogP contribution is -2.50. The van der Waals surface area contributed by atoms with Gasteiger partial charge in [0.05, 0.1) is 11.7 Å². The fourth-order valence-electron chi connectivity index (χ4n) is 8.57. The summed E-state index contributed by atoms with van der Waals surface area (Å²) in [6.07, 6.45) is 15.4. The molecule has 2 N–H and O–H groups in total. The molecule has 0 aliphatic heterocycles. The first kappa shape index (κ1) is 24.6. The van der Waals surface area contributed by atoms with Gasteiger partial charge in [0.15, 0.2) is 0 Å². The minimum Gasteiger partial charge on any atom is -0.393 e. The molecule has 0 spiro atoms. The van der Waals surface area contributed by atoms with Crippen LogP contribution in [-0.4, -0.2) is 21.9 Å². The van der Waals surface area contributed by atoms with Gasteiger partial charge in [-0.3, -0.25) is 0 Å². The van der Waals surface area contributed by atoms with Crippen molar-refractivity contribution in [1.29, 1.82) is 0 Å². The lowest BCUT2D eigenvalue weighted by Gasteiger charge is -2.57. The lowest BCUT2D eigenvalue weighted by molar-refractivity contribution is -0.100. The van der Waals surface area contributed by atoms with E-state index in [9.17, 15) is 10.2 Å². The number of hydrogen-bond donors (Lipinski definition) is 2. The molecule has 4 aliphatic carbocycles. The Morgan fingerprint density at radius 1 is 0.867 bits per heavy atom. The molecule has 0 saturated heterocycles. The van der Waals surface area contributed by atoms with Crippen molar-refractivity contribution in [2.75, 3.05) is 0 Å². The second-order valence-electron chi connectivity index (χ2n) is 12.2. The minimum absolute atomic E-state index is 0.112. The Labute approximate surface area is 187 Å². The van der Waals surface area contributed by atoms with Crippen LogP contribution in [0.15, 0.2) is 0 Å². The molecule has 4 aliphatic rings. The Hall–Kier alpha value is -0.0800. The average Bonchev–Trinajstić information content (AvgIpc) is 3.04. The van der Waals surface area contributed by atoms with E-state index in [0.29, 0.717) is 11.3 Å². The topological polar surface area (TPSA) is 40.5 Å². The summed E-state index contributed by atoms with van der Waals surface area (Å²) >= 11 is 0. The highest BCUT2D eigenvalue weighted by molar-refractivity contribution is 5.06. The summed E-state index contributed by atoms with van der Waals surface area (Å²) in [5.74, 6) is 5.86. The summed E-state index contributed by atoms with van der Waals surface area (Å²) in [6, 6.07) is 0. The molecular weight excluding hydrogens is 368 g/mol. The summed E-state index contributed by atoms with van der Waals surface area (Å²) < 4.78 is 0. The molecular formula is C28H52O2. The van der Waals surface area contributed by atoms with Gasteiger partial charge < -0.3 is 10.2 Å². The number of rotatable bonds is 5. The van der Waals surface area contributed by atoms with Gasteiger partial charge in [-0.15, -0.1) is 0 Å². The summed E-state index contributed by atoms with van der Waals surface area (Å²) in [7, 11) is 0. The smallest absolute Gasteiger partial charge is 0.0622 e. The first-order valence-electron chi connectivity index (χ1n) is 13.6. The molecule has 0 bridgehead atoms. The minimum atomic E-state index is -0.393. The number of hydrogen-bond acceptors (Lipinski definition) is 2. The second kappa shape index (κ2) is 9.82. The van der Waals surface area contributed by atoms with Gasteiger partial charge in [-0.25, -0.2) is 0 Å². The zero-order chi connectivity index (χ0) is 22.1. The second-order valence-corrected chi connectivity index (χ2v) is 12.2. The van der Waals surface area contributed by atoms with Crippen molar-refractivity contribution >= 4 is 0 Å². The number of aliphatic hydroxyl groups excluding tert-OH is 1. The Bertz CT molecular complexity index is 541. The predicted octanol–water partition coefficient (Wildman–Crippen LogP) is 7.22. The molecule has 7 unspecified atom stereocenters. The van der Waals surface area contributed by atoms with Crippen LogP contribution in [0, 0.1) is 46.8 Å². The van der Waals surface area contributed by atoms with E-state index in [1.54, 1.807) is 0 Å². The highest BCUT2D eigenvalue weighted by Gasteiger charge is 2.57. The van der Waals surface area contributed by atoms with E-state index in [-0.39, 0.29) is 6.10 Å². The molecule has 0 amide bonds. The van der Waals surface area contributed by atoms with E-state index in [2.05, 4.69) is 27.7 Å². The molecule has 0 aromatic carbocycles. The maximum Gasteiger partial charge on any atom is 0.0622 e. The van der Waals surface area contributed by atoms with Crippen molar-refractivity contribution in [3.8, 4) is 0 Å². The van der Waals surface area contributed by atoms with E-state index in [1.165, 1.54) is 57.8 Å². The monoisotopic (exact) mass is 420 g/mol. The van der Waals surface area contributed by atoms with E-state index >= 15 is 0 Å². The van der Waals surface area contributed by atoms with Gasteiger partial charge in [0.2, 0.25) is 0 Å². The fraction of sp³-hybridized carbons (Fsp3) is 1.00. The maximum absolute atomic E-state index is 10.6. The van der Waals surface area contributed by atoms with Crippen molar-refractivity contribution in [2.24, 2.45) is 46.8 Å². The molecule has 2 nitrogen and oxygen atoms in total. The third-order valence-corrected chi connectivity index (χ3v) is 10.3. The Morgan fingerprint density at radius 3 is 2.27 bits per heavy atom. The standard InChI is InChI=1S/C26H46O2.C2H6/c1-17(2)24(27)7-5-6-19-9-11-23-22-10-8-18-16-25(3,28)14-12-20(18)21(22)13-15-26(19,23)4;1-2/h17-24,27-28H,5-16H2,1-4H3;1-2H3/t18?,19-,20?,21?,22?,23?,24?,25-,26?;/m0./s1. The first-order valence-corrected chi connectivity index (χ1v) is 13.6. The first-order chi connectivity index (χ1) is 14.2. The van der Waals surface area contributed by atoms with Gasteiger partial charge in [0, 0.05) is 0 Å². The summed E-state index contributed by atoms with van der Waals surface area (Å²) in [5.41, 5.74) is 0.174. The Kier molecular flexibility index (Phi) is 8.04. The van der Waals surface area contributed by atoms with Crippen LogP contribution < -0.4 is 0 Å². The fourth-order valence-corrected chi connectivity index (χ4v) is 8.57. The Morgan fingerprint density at radius 2 is 1.57 bits per heavy atom. The molecule has 2 heteroatoms. The normalized spacial score (nSPS) is 46.3. The number of aliphatic hydroxyl groups is 2. The van der Waals surface area contributed by atoms with Crippen LogP contribution in [0.2, 0.25) is 0 Å². The molecule has 4 saturated carbocycles. The van der Waals surface area contributed by atoms with Crippen molar-refractivity contribution < 1.29 is 10.2 Å². The van der Waals surface area contributed by atoms with Gasteiger partial charge in [-0.2, -0.15) is 0 Å². The van der Waals surface area contributed by atoms with Crippen LogP contribution in [0.4, 0.5) is 0 Å². The zero-order valence-corrected chi connectivity index (χ0v) is 21.0. The third kappa shape index (κ3) is 4.80.